The number of nitrogens with two attached hydrogens (primary N) is 1. The van der Waals surface area contributed by atoms with Gasteiger partial charge in [-0.2, -0.15) is 0 Å². The van der Waals surface area contributed by atoms with Crippen molar-refractivity contribution in [1.82, 2.24) is 9.47 Å². The summed E-state index contributed by atoms with van der Waals surface area (Å²) in [6.45, 7) is 7.38. The van der Waals surface area contributed by atoms with E-state index in [1.54, 1.807) is 11.0 Å². The molecule has 1 aliphatic carbocycles. The largest absolute Gasteiger partial charge is 0.365 e. The lowest BCUT2D eigenvalue weighted by Gasteiger charge is -2.46. The van der Waals surface area contributed by atoms with Crippen LogP contribution in [0.3, 0.4) is 0 Å². The Balaban J connectivity index is 2.08. The van der Waals surface area contributed by atoms with Crippen molar-refractivity contribution < 1.29 is 9.59 Å². The third-order valence-corrected chi connectivity index (χ3v) is 5.45. The Morgan fingerprint density at radius 3 is 2.48 bits per heavy atom. The summed E-state index contributed by atoms with van der Waals surface area (Å²) >= 11 is 6.40. The number of aromatic nitrogens is 1. The van der Waals surface area contributed by atoms with Gasteiger partial charge >= 0.3 is 0 Å². The van der Waals surface area contributed by atoms with Crippen LogP contribution in [0, 0.1) is 5.41 Å². The normalized spacial score (nSPS) is 18.0. The predicted octanol–water partition coefficient (Wildman–Crippen LogP) is 2.29. The molecule has 2 aliphatic rings. The first-order chi connectivity index (χ1) is 12.6. The van der Waals surface area contributed by atoms with Gasteiger partial charge in [0.25, 0.3) is 11.5 Å². The number of hydrogen-bond donors (Lipinski definition) is 1. The molecule has 0 spiro atoms. The van der Waals surface area contributed by atoms with Crippen molar-refractivity contribution in [2.24, 2.45) is 11.1 Å². The van der Waals surface area contributed by atoms with Crippen LogP contribution in [0.4, 0.5) is 0 Å². The van der Waals surface area contributed by atoms with Gasteiger partial charge in [0.2, 0.25) is 5.91 Å². The fourth-order valence-corrected chi connectivity index (χ4v) is 3.87. The van der Waals surface area contributed by atoms with Gasteiger partial charge in [0.1, 0.15) is 12.1 Å². The number of amides is 2. The Morgan fingerprint density at radius 1 is 1.26 bits per heavy atom. The highest BCUT2D eigenvalue weighted by atomic mass is 35.5. The van der Waals surface area contributed by atoms with Crippen molar-refractivity contribution in [3.05, 3.63) is 51.0 Å². The van der Waals surface area contributed by atoms with Crippen molar-refractivity contribution in [2.45, 2.75) is 40.2 Å². The zero-order chi connectivity index (χ0) is 19.9. The zero-order valence-electron chi connectivity index (χ0n) is 15.8. The van der Waals surface area contributed by atoms with E-state index in [4.69, 9.17) is 17.3 Å². The summed E-state index contributed by atoms with van der Waals surface area (Å²) < 4.78 is 1.37. The van der Waals surface area contributed by atoms with E-state index in [-0.39, 0.29) is 23.4 Å². The van der Waals surface area contributed by atoms with Gasteiger partial charge in [0.15, 0.2) is 0 Å². The molecular formula is C20H24ClN3O3. The number of hydrogen-bond acceptors (Lipinski definition) is 3. The van der Waals surface area contributed by atoms with Crippen molar-refractivity contribution in [1.29, 1.82) is 0 Å². The molecule has 27 heavy (non-hydrogen) atoms. The van der Waals surface area contributed by atoms with Gasteiger partial charge < -0.3 is 15.2 Å². The van der Waals surface area contributed by atoms with Crippen LogP contribution in [0.15, 0.2) is 28.6 Å². The number of rotatable bonds is 4. The maximum Gasteiger partial charge on any atom is 0.264 e. The van der Waals surface area contributed by atoms with Crippen molar-refractivity contribution in [2.75, 3.05) is 13.1 Å². The van der Waals surface area contributed by atoms with Crippen LogP contribution < -0.4 is 11.3 Å². The van der Waals surface area contributed by atoms with Gasteiger partial charge in [0, 0.05) is 35.8 Å². The molecule has 3 rings (SSSR count). The molecule has 144 valence electrons. The van der Waals surface area contributed by atoms with E-state index in [0.29, 0.717) is 35.8 Å². The van der Waals surface area contributed by atoms with E-state index >= 15 is 0 Å². The summed E-state index contributed by atoms with van der Waals surface area (Å²) in [5, 5.41) is 0.419. The molecule has 2 N–H and O–H groups in total. The van der Waals surface area contributed by atoms with Crippen LogP contribution in [0.5, 0.6) is 0 Å². The molecule has 0 atom stereocenters. The Bertz CT molecular complexity index is 933. The molecule has 0 bridgehead atoms. The van der Waals surface area contributed by atoms with Crippen LogP contribution in [-0.2, 0) is 17.8 Å². The van der Waals surface area contributed by atoms with E-state index < -0.39 is 11.5 Å². The Labute approximate surface area is 163 Å². The minimum atomic E-state index is -0.827. The second kappa shape index (κ2) is 7.00. The molecule has 0 saturated carbocycles. The molecule has 1 aromatic rings. The van der Waals surface area contributed by atoms with Crippen LogP contribution in [0.1, 0.15) is 48.8 Å². The highest BCUT2D eigenvalue weighted by molar-refractivity contribution is 6.49. The van der Waals surface area contributed by atoms with Crippen LogP contribution in [-0.4, -0.2) is 34.4 Å². The number of primary amides is 1. The quantitative estimate of drug-likeness (QED) is 0.857. The minimum Gasteiger partial charge on any atom is -0.365 e. The molecule has 0 unspecified atom stereocenters. The van der Waals surface area contributed by atoms with Gasteiger partial charge in [-0.05, 0) is 24.0 Å². The van der Waals surface area contributed by atoms with Gasteiger partial charge in [-0.3, -0.25) is 14.4 Å². The number of allylic oxidation sites excluding steroid dienone is 3. The molecule has 1 aliphatic heterocycles. The molecule has 6 nitrogen and oxygen atoms in total. The highest BCUT2D eigenvalue weighted by Crippen LogP contribution is 2.31. The van der Waals surface area contributed by atoms with E-state index in [2.05, 4.69) is 13.8 Å². The van der Waals surface area contributed by atoms with E-state index in [1.165, 1.54) is 10.6 Å². The minimum absolute atomic E-state index is 0.0940. The molecule has 7 heteroatoms. The fraction of sp³-hybridized carbons (Fsp3) is 0.450. The summed E-state index contributed by atoms with van der Waals surface area (Å²) in [5.41, 5.74) is 7.09. The predicted molar refractivity (Wildman–Crippen MR) is 105 cm³/mol. The lowest BCUT2D eigenvalue weighted by atomic mass is 9.84. The number of halogens is 1. The number of fused-ring (bicyclic) bond motifs is 1. The third-order valence-electron chi connectivity index (χ3n) is 5.12. The lowest BCUT2D eigenvalue weighted by molar-refractivity contribution is -0.142. The molecule has 2 heterocycles. The number of pyridine rings is 1. The first-order valence-corrected chi connectivity index (χ1v) is 9.40. The van der Waals surface area contributed by atoms with Crippen LogP contribution in [0.2, 0.25) is 0 Å². The van der Waals surface area contributed by atoms with Crippen LogP contribution >= 0.6 is 11.6 Å². The molecule has 1 fully saturated rings. The first-order valence-electron chi connectivity index (χ1n) is 9.03. The van der Waals surface area contributed by atoms with E-state index in [9.17, 15) is 14.4 Å². The monoisotopic (exact) mass is 389 g/mol. The second-order valence-electron chi connectivity index (χ2n) is 7.96. The Hall–Kier alpha value is -2.34. The maximum atomic E-state index is 12.9. The van der Waals surface area contributed by atoms with Crippen molar-refractivity contribution >= 4 is 28.4 Å². The average molecular weight is 390 g/mol. The van der Waals surface area contributed by atoms with E-state index in [1.807, 2.05) is 13.0 Å². The zero-order valence-corrected chi connectivity index (χ0v) is 16.6. The van der Waals surface area contributed by atoms with Gasteiger partial charge in [0.05, 0.1) is 0 Å². The SMILES string of the molecule is CCC1=CC=C(Cl)c2cc(C(N)=O)c(=O)n(CC(=O)N3CC(C)(C)C3)c2C1. The standard InChI is InChI=1S/C20H24ClN3O3/c1-4-12-5-6-15(21)13-8-14(18(22)26)19(27)24(16(13)7-12)9-17(25)23-10-20(2,3)11-23/h5-6,8H,4,7,9-11H2,1-3H3,(H2,22,26). The molecule has 2 amide bonds. The van der Waals surface area contributed by atoms with Crippen LogP contribution in [0.25, 0.3) is 5.03 Å². The molecular weight excluding hydrogens is 366 g/mol. The smallest absolute Gasteiger partial charge is 0.264 e. The molecule has 1 saturated heterocycles. The van der Waals surface area contributed by atoms with Gasteiger partial charge in [-0.15, -0.1) is 0 Å². The van der Waals surface area contributed by atoms with Gasteiger partial charge in [-0.25, -0.2) is 0 Å². The number of carbonyl (C=O) groups excluding carboxylic acids is 2. The molecule has 0 radical (unpaired) electrons. The highest BCUT2D eigenvalue weighted by Gasteiger charge is 2.37. The van der Waals surface area contributed by atoms with Gasteiger partial charge in [-0.1, -0.05) is 44.0 Å². The first kappa shape index (κ1) is 19.4. The summed E-state index contributed by atoms with van der Waals surface area (Å²) in [6.07, 6.45) is 4.96. The summed E-state index contributed by atoms with van der Waals surface area (Å²) in [4.78, 5) is 39.1. The molecule has 0 aromatic carbocycles. The summed E-state index contributed by atoms with van der Waals surface area (Å²) in [7, 11) is 0. The summed E-state index contributed by atoms with van der Waals surface area (Å²) in [6, 6.07) is 1.44. The number of carbonyl (C=O) groups is 2. The number of likely N-dealkylation sites (tertiary alicyclic amines) is 1. The van der Waals surface area contributed by atoms with Crippen molar-refractivity contribution in [3.8, 4) is 0 Å². The topological polar surface area (TPSA) is 85.4 Å². The Morgan fingerprint density at radius 2 is 1.93 bits per heavy atom. The second-order valence-corrected chi connectivity index (χ2v) is 8.36. The van der Waals surface area contributed by atoms with Crippen molar-refractivity contribution in [3.63, 3.8) is 0 Å². The lowest BCUT2D eigenvalue weighted by Crippen LogP contribution is -2.56. The third kappa shape index (κ3) is 3.72. The molecule has 1 aromatic heterocycles. The average Bonchev–Trinajstić information content (AvgIpc) is 2.73. The maximum absolute atomic E-state index is 12.9. The fourth-order valence-electron chi connectivity index (χ4n) is 3.64. The Kier molecular flexibility index (Phi) is 5.04. The van der Waals surface area contributed by atoms with E-state index in [0.717, 1.165) is 12.0 Å². The summed E-state index contributed by atoms with van der Waals surface area (Å²) in [5.74, 6) is -0.974. The number of nitrogens with zero attached hydrogens (tertiary/aromatic N) is 2.